The van der Waals surface area contributed by atoms with Crippen molar-refractivity contribution in [3.63, 3.8) is 0 Å². The van der Waals surface area contributed by atoms with E-state index in [2.05, 4.69) is 9.05 Å². The fourth-order valence-corrected chi connectivity index (χ4v) is 1.09. The monoisotopic (exact) mass is 261 g/mol. The van der Waals surface area contributed by atoms with Crippen LogP contribution in [0.5, 0.6) is 0 Å². The Labute approximate surface area is 91.6 Å². The smallest absolute Gasteiger partial charge is 0.296 e. The van der Waals surface area contributed by atoms with Crippen molar-refractivity contribution in [1.29, 1.82) is 0 Å². The van der Waals surface area contributed by atoms with Gasteiger partial charge in [-0.25, -0.2) is 0 Å². The number of ketones is 2. The molecular formula is C6H8Cl2O5P+. The molecule has 0 aromatic heterocycles. The Balaban J connectivity index is 3.56. The summed E-state index contributed by atoms with van der Waals surface area (Å²) in [6, 6.07) is 0. The maximum atomic E-state index is 10.8. The predicted octanol–water partition coefficient (Wildman–Crippen LogP) is 1.29. The van der Waals surface area contributed by atoms with Crippen LogP contribution in [0.1, 0.15) is 0 Å². The van der Waals surface area contributed by atoms with Gasteiger partial charge in [0.1, 0.15) is 0 Å². The van der Waals surface area contributed by atoms with Gasteiger partial charge in [0, 0.05) is 4.57 Å². The largest absolute Gasteiger partial charge is 0.698 e. The van der Waals surface area contributed by atoms with E-state index in [-0.39, 0.29) is 11.8 Å². The molecule has 14 heavy (non-hydrogen) atoms. The van der Waals surface area contributed by atoms with Gasteiger partial charge in [0.05, 0.1) is 11.8 Å². The minimum atomic E-state index is -2.47. The molecule has 0 spiro atoms. The van der Waals surface area contributed by atoms with Crippen LogP contribution in [-0.4, -0.2) is 36.5 Å². The molecule has 0 heterocycles. The van der Waals surface area contributed by atoms with Crippen LogP contribution in [0, 0.1) is 0 Å². The Hall–Kier alpha value is -0.0600. The summed E-state index contributed by atoms with van der Waals surface area (Å²) >= 11 is 10.3. The third-order valence-corrected chi connectivity index (χ3v) is 2.24. The fraction of sp³-hybridized carbons (Fsp3) is 0.667. The van der Waals surface area contributed by atoms with Gasteiger partial charge in [-0.15, -0.1) is 32.2 Å². The molecule has 0 atom stereocenters. The number of rotatable bonds is 8. The first-order chi connectivity index (χ1) is 6.60. The minimum absolute atomic E-state index is 0.218. The van der Waals surface area contributed by atoms with Crippen molar-refractivity contribution in [3.8, 4) is 0 Å². The van der Waals surface area contributed by atoms with Crippen LogP contribution >= 0.6 is 31.5 Å². The Kier molecular flexibility index (Phi) is 8.23. The molecule has 0 aromatic rings. The maximum Gasteiger partial charge on any atom is 0.698 e. The average molecular weight is 262 g/mol. The van der Waals surface area contributed by atoms with Crippen molar-refractivity contribution >= 4 is 43.0 Å². The first kappa shape index (κ1) is 13.9. The van der Waals surface area contributed by atoms with Crippen LogP contribution in [0.4, 0.5) is 0 Å². The molecule has 0 aromatic carbocycles. The second-order valence-corrected chi connectivity index (χ2v) is 3.61. The van der Waals surface area contributed by atoms with Gasteiger partial charge in [-0.2, -0.15) is 0 Å². The number of halogens is 2. The van der Waals surface area contributed by atoms with Crippen molar-refractivity contribution in [2.45, 2.75) is 0 Å². The summed E-state index contributed by atoms with van der Waals surface area (Å²) in [6.07, 6.45) is 0. The predicted molar refractivity (Wildman–Crippen MR) is 51.0 cm³/mol. The van der Waals surface area contributed by atoms with Crippen molar-refractivity contribution < 1.29 is 23.2 Å². The molecule has 0 aliphatic rings. The summed E-state index contributed by atoms with van der Waals surface area (Å²) in [5.41, 5.74) is 0. The highest BCUT2D eigenvalue weighted by Gasteiger charge is 2.23. The zero-order valence-electron chi connectivity index (χ0n) is 7.07. The molecule has 80 valence electrons. The lowest BCUT2D eigenvalue weighted by Crippen LogP contribution is -2.09. The molecule has 0 saturated carbocycles. The minimum Gasteiger partial charge on any atom is -0.296 e. The topological polar surface area (TPSA) is 69.7 Å². The normalized spacial score (nSPS) is 9.86. The van der Waals surface area contributed by atoms with Crippen molar-refractivity contribution in [2.75, 3.05) is 25.0 Å². The maximum absolute atomic E-state index is 10.8. The van der Waals surface area contributed by atoms with Crippen LogP contribution in [0.2, 0.25) is 0 Å². The summed E-state index contributed by atoms with van der Waals surface area (Å²) in [6.45, 7) is -0.790. The first-order valence-corrected chi connectivity index (χ1v) is 5.65. The number of alkyl halides is 2. The summed E-state index contributed by atoms with van der Waals surface area (Å²) in [5, 5.41) is 0. The van der Waals surface area contributed by atoms with Gasteiger partial charge in [-0.1, -0.05) is 0 Å². The van der Waals surface area contributed by atoms with Gasteiger partial charge in [0.15, 0.2) is 24.8 Å². The van der Waals surface area contributed by atoms with Gasteiger partial charge in [-0.05, 0) is 0 Å². The van der Waals surface area contributed by atoms with E-state index in [1.54, 1.807) is 0 Å². The third kappa shape index (κ3) is 7.35. The fourth-order valence-electron chi connectivity index (χ4n) is 0.364. The highest BCUT2D eigenvalue weighted by Crippen LogP contribution is 2.22. The molecule has 0 bridgehead atoms. The summed E-state index contributed by atoms with van der Waals surface area (Å²) < 4.78 is 19.7. The van der Waals surface area contributed by atoms with Gasteiger partial charge < -0.3 is 0 Å². The van der Waals surface area contributed by atoms with E-state index in [0.29, 0.717) is 0 Å². The molecule has 8 heteroatoms. The van der Waals surface area contributed by atoms with Crippen LogP contribution in [-0.2, 0) is 23.2 Å². The van der Waals surface area contributed by atoms with E-state index in [0.717, 1.165) is 0 Å². The molecule has 0 amide bonds. The summed E-state index contributed by atoms with van der Waals surface area (Å²) in [7, 11) is -2.47. The molecule has 0 unspecified atom stereocenters. The standard InChI is InChI=1S/C6H8Cl2O5P/c7-1-5(9)3-12-14(11)13-4-6(10)2-8/h1-4H2/q+1. The molecular weight excluding hydrogens is 254 g/mol. The Morgan fingerprint density at radius 1 is 1.00 bits per heavy atom. The quantitative estimate of drug-likeness (QED) is 0.487. The van der Waals surface area contributed by atoms with Crippen molar-refractivity contribution in [2.24, 2.45) is 0 Å². The Morgan fingerprint density at radius 3 is 1.64 bits per heavy atom. The Bertz CT molecular complexity index is 210. The Morgan fingerprint density at radius 2 is 1.36 bits per heavy atom. The number of carbonyl (C=O) groups excluding carboxylic acids is 2. The highest BCUT2D eigenvalue weighted by molar-refractivity contribution is 7.33. The molecule has 0 fully saturated rings. The lowest BCUT2D eigenvalue weighted by Gasteiger charge is -1.89. The van der Waals surface area contributed by atoms with Crippen LogP contribution in [0.3, 0.4) is 0 Å². The van der Waals surface area contributed by atoms with E-state index in [9.17, 15) is 14.2 Å². The number of hydrogen-bond donors (Lipinski definition) is 0. The molecule has 0 N–H and O–H groups in total. The summed E-state index contributed by atoms with van der Waals surface area (Å²) in [5.74, 6) is -1.27. The first-order valence-electron chi connectivity index (χ1n) is 3.48. The van der Waals surface area contributed by atoms with E-state index < -0.39 is 33.0 Å². The lowest BCUT2D eigenvalue weighted by molar-refractivity contribution is -0.119. The number of hydrogen-bond acceptors (Lipinski definition) is 5. The van der Waals surface area contributed by atoms with E-state index >= 15 is 0 Å². The second-order valence-electron chi connectivity index (χ2n) is 2.12. The number of carbonyl (C=O) groups is 2. The van der Waals surface area contributed by atoms with Crippen LogP contribution < -0.4 is 0 Å². The molecule has 5 nitrogen and oxygen atoms in total. The molecule has 0 aliphatic carbocycles. The second kappa shape index (κ2) is 8.26. The average Bonchev–Trinajstić information content (AvgIpc) is 2.22. The SMILES string of the molecule is O=C(CCl)CO[P+](=O)OCC(=O)CCl. The van der Waals surface area contributed by atoms with E-state index in [1.807, 2.05) is 0 Å². The van der Waals surface area contributed by atoms with Gasteiger partial charge in [-0.3, -0.25) is 9.59 Å². The van der Waals surface area contributed by atoms with Gasteiger partial charge >= 0.3 is 8.25 Å². The molecule has 0 aliphatic heterocycles. The van der Waals surface area contributed by atoms with Crippen LogP contribution in [0.25, 0.3) is 0 Å². The number of Topliss-reactive ketones (excluding diaryl/α,β-unsaturated/α-hetero) is 2. The zero-order valence-corrected chi connectivity index (χ0v) is 9.48. The van der Waals surface area contributed by atoms with Crippen molar-refractivity contribution in [3.05, 3.63) is 0 Å². The van der Waals surface area contributed by atoms with Gasteiger partial charge in [0.2, 0.25) is 0 Å². The molecule has 0 saturated heterocycles. The molecule has 0 rings (SSSR count). The summed E-state index contributed by atoms with van der Waals surface area (Å²) in [4.78, 5) is 21.2. The highest BCUT2D eigenvalue weighted by atomic mass is 35.5. The van der Waals surface area contributed by atoms with E-state index in [1.165, 1.54) is 0 Å². The van der Waals surface area contributed by atoms with E-state index in [4.69, 9.17) is 23.2 Å². The van der Waals surface area contributed by atoms with Crippen molar-refractivity contribution in [1.82, 2.24) is 0 Å². The lowest BCUT2D eigenvalue weighted by atomic mass is 10.5. The zero-order chi connectivity index (χ0) is 11.0. The van der Waals surface area contributed by atoms with Crippen LogP contribution in [0.15, 0.2) is 0 Å². The third-order valence-electron chi connectivity index (χ3n) is 0.960. The van der Waals surface area contributed by atoms with Gasteiger partial charge in [0.25, 0.3) is 0 Å². The molecule has 0 radical (unpaired) electrons.